The molecule has 1 atom stereocenters. The summed E-state index contributed by atoms with van der Waals surface area (Å²) in [4.78, 5) is 24.2. The largest absolute Gasteiger partial charge is 0.480 e. The van der Waals surface area contributed by atoms with Gasteiger partial charge in [-0.2, -0.15) is 0 Å². The van der Waals surface area contributed by atoms with Crippen molar-refractivity contribution < 1.29 is 14.7 Å². The van der Waals surface area contributed by atoms with Crippen LogP contribution in [0, 0.1) is 6.92 Å². The number of aliphatic carboxylic acids is 1. The number of aryl methyl sites for hydroxylation is 1. The van der Waals surface area contributed by atoms with E-state index in [0.717, 1.165) is 10.5 Å². The Morgan fingerprint density at radius 1 is 1.35 bits per heavy atom. The Kier molecular flexibility index (Phi) is 5.65. The SMILES string of the molecule is CCC(C(=O)O)N(C)C(=O)Nc1cc(Cl)c(C)cc1Cl. The Balaban J connectivity index is 2.90. The molecule has 0 bridgehead atoms. The lowest BCUT2D eigenvalue weighted by Gasteiger charge is -2.24. The van der Waals surface area contributed by atoms with Crippen molar-refractivity contribution >= 4 is 40.9 Å². The van der Waals surface area contributed by atoms with Crippen LogP contribution in [0.5, 0.6) is 0 Å². The molecular weight excluding hydrogens is 303 g/mol. The zero-order valence-electron chi connectivity index (χ0n) is 11.4. The second kappa shape index (κ2) is 6.81. The summed E-state index contributed by atoms with van der Waals surface area (Å²) in [6, 6.07) is 1.72. The van der Waals surface area contributed by atoms with E-state index in [-0.39, 0.29) is 0 Å². The molecule has 110 valence electrons. The molecule has 0 fully saturated rings. The number of nitrogens with one attached hydrogen (secondary N) is 1. The Morgan fingerprint density at radius 3 is 2.45 bits per heavy atom. The number of halogens is 2. The Morgan fingerprint density at radius 2 is 1.95 bits per heavy atom. The third kappa shape index (κ3) is 3.77. The Hall–Kier alpha value is -1.46. The van der Waals surface area contributed by atoms with Crippen molar-refractivity contribution in [3.05, 3.63) is 27.7 Å². The highest BCUT2D eigenvalue weighted by Gasteiger charge is 2.25. The van der Waals surface area contributed by atoms with Crippen LogP contribution in [0.2, 0.25) is 10.0 Å². The molecule has 0 radical (unpaired) electrons. The van der Waals surface area contributed by atoms with Crippen LogP contribution < -0.4 is 5.32 Å². The van der Waals surface area contributed by atoms with Crippen LogP contribution in [-0.4, -0.2) is 35.1 Å². The molecule has 2 N–H and O–H groups in total. The summed E-state index contributed by atoms with van der Waals surface area (Å²) >= 11 is 12.0. The van der Waals surface area contributed by atoms with Gasteiger partial charge in [0.15, 0.2) is 0 Å². The van der Waals surface area contributed by atoms with E-state index in [1.807, 2.05) is 0 Å². The van der Waals surface area contributed by atoms with Gasteiger partial charge >= 0.3 is 12.0 Å². The van der Waals surface area contributed by atoms with E-state index in [9.17, 15) is 9.59 Å². The Bertz CT molecular complexity index is 535. The van der Waals surface area contributed by atoms with E-state index >= 15 is 0 Å². The van der Waals surface area contributed by atoms with Crippen molar-refractivity contribution in [3.63, 3.8) is 0 Å². The first kappa shape index (κ1) is 16.6. The molecule has 0 saturated carbocycles. The average molecular weight is 319 g/mol. The normalized spacial score (nSPS) is 11.8. The zero-order valence-corrected chi connectivity index (χ0v) is 12.9. The van der Waals surface area contributed by atoms with Gasteiger partial charge in [0.25, 0.3) is 0 Å². The minimum Gasteiger partial charge on any atom is -0.480 e. The van der Waals surface area contributed by atoms with Crippen molar-refractivity contribution in [1.82, 2.24) is 4.90 Å². The number of carbonyl (C=O) groups excluding carboxylic acids is 1. The number of hydrogen-bond acceptors (Lipinski definition) is 2. The number of rotatable bonds is 4. The van der Waals surface area contributed by atoms with Gasteiger partial charge in [-0.1, -0.05) is 30.1 Å². The van der Waals surface area contributed by atoms with E-state index in [0.29, 0.717) is 22.2 Å². The Labute approximate surface area is 127 Å². The highest BCUT2D eigenvalue weighted by Crippen LogP contribution is 2.29. The topological polar surface area (TPSA) is 69.6 Å². The van der Waals surface area contributed by atoms with Gasteiger partial charge in [0.05, 0.1) is 10.7 Å². The molecule has 0 saturated heterocycles. The van der Waals surface area contributed by atoms with Gasteiger partial charge in [0, 0.05) is 12.1 Å². The fourth-order valence-electron chi connectivity index (χ4n) is 1.70. The quantitative estimate of drug-likeness (QED) is 0.890. The standard InChI is InChI=1S/C13H16Cl2N2O3/c1-4-11(12(18)19)17(3)13(20)16-10-6-8(14)7(2)5-9(10)15/h5-6,11H,4H2,1-3H3,(H,16,20)(H,18,19). The maximum Gasteiger partial charge on any atom is 0.326 e. The summed E-state index contributed by atoms with van der Waals surface area (Å²) in [5, 5.41) is 12.4. The molecule has 5 nitrogen and oxygen atoms in total. The van der Waals surface area contributed by atoms with Crippen LogP contribution in [-0.2, 0) is 4.79 Å². The first-order valence-corrected chi connectivity index (χ1v) is 6.75. The van der Waals surface area contributed by atoms with Crippen molar-refractivity contribution in [2.75, 3.05) is 12.4 Å². The lowest BCUT2D eigenvalue weighted by Crippen LogP contribution is -2.44. The summed E-state index contributed by atoms with van der Waals surface area (Å²) < 4.78 is 0. The molecule has 0 aliphatic carbocycles. The molecule has 0 spiro atoms. The minimum absolute atomic E-state index is 0.307. The van der Waals surface area contributed by atoms with Gasteiger partial charge < -0.3 is 15.3 Å². The number of carboxylic acids is 1. The third-order valence-electron chi connectivity index (χ3n) is 2.95. The van der Waals surface area contributed by atoms with E-state index < -0.39 is 18.0 Å². The number of anilines is 1. The highest BCUT2D eigenvalue weighted by atomic mass is 35.5. The molecule has 1 unspecified atom stereocenters. The van der Waals surface area contributed by atoms with E-state index in [2.05, 4.69) is 5.32 Å². The van der Waals surface area contributed by atoms with E-state index in [1.54, 1.807) is 19.9 Å². The molecule has 0 aliphatic heterocycles. The van der Waals surface area contributed by atoms with Gasteiger partial charge in [0.2, 0.25) is 0 Å². The average Bonchev–Trinajstić information content (AvgIpc) is 2.36. The first-order valence-electron chi connectivity index (χ1n) is 6.00. The van der Waals surface area contributed by atoms with Crippen LogP contribution in [0.4, 0.5) is 10.5 Å². The van der Waals surface area contributed by atoms with Crippen LogP contribution >= 0.6 is 23.2 Å². The number of nitrogens with zero attached hydrogens (tertiary/aromatic N) is 1. The number of likely N-dealkylation sites (N-methyl/N-ethyl adjacent to an activating group) is 1. The van der Waals surface area contributed by atoms with Gasteiger partial charge in [-0.3, -0.25) is 0 Å². The fraction of sp³-hybridized carbons (Fsp3) is 0.385. The van der Waals surface area contributed by atoms with E-state index in [4.69, 9.17) is 28.3 Å². The lowest BCUT2D eigenvalue weighted by atomic mass is 10.2. The van der Waals surface area contributed by atoms with Gasteiger partial charge in [-0.05, 0) is 31.0 Å². The summed E-state index contributed by atoms with van der Waals surface area (Å²) in [5.74, 6) is -1.06. The smallest absolute Gasteiger partial charge is 0.326 e. The van der Waals surface area contributed by atoms with Crippen molar-refractivity contribution in [1.29, 1.82) is 0 Å². The second-order valence-corrected chi connectivity index (χ2v) is 5.20. The molecule has 0 aromatic heterocycles. The highest BCUT2D eigenvalue weighted by molar-refractivity contribution is 6.36. The summed E-state index contributed by atoms with van der Waals surface area (Å²) in [7, 11) is 1.42. The second-order valence-electron chi connectivity index (χ2n) is 4.38. The molecule has 2 amide bonds. The number of hydrogen-bond donors (Lipinski definition) is 2. The maximum absolute atomic E-state index is 12.0. The fourth-order valence-corrected chi connectivity index (χ4v) is 2.13. The number of carbonyl (C=O) groups is 2. The van der Waals surface area contributed by atoms with Crippen molar-refractivity contribution in [2.24, 2.45) is 0 Å². The molecular formula is C13H16Cl2N2O3. The maximum atomic E-state index is 12.0. The number of amides is 2. The lowest BCUT2D eigenvalue weighted by molar-refractivity contribution is -0.141. The molecule has 1 rings (SSSR count). The van der Waals surface area contributed by atoms with Gasteiger partial charge in [-0.15, -0.1) is 0 Å². The predicted molar refractivity (Wildman–Crippen MR) is 79.7 cm³/mol. The monoisotopic (exact) mass is 318 g/mol. The van der Waals surface area contributed by atoms with Crippen LogP contribution in [0.15, 0.2) is 12.1 Å². The van der Waals surface area contributed by atoms with Crippen molar-refractivity contribution in [2.45, 2.75) is 26.3 Å². The van der Waals surface area contributed by atoms with Crippen LogP contribution in [0.1, 0.15) is 18.9 Å². The minimum atomic E-state index is -1.06. The molecule has 1 aromatic rings. The summed E-state index contributed by atoms with van der Waals surface area (Å²) in [6.45, 7) is 3.49. The van der Waals surface area contributed by atoms with Crippen LogP contribution in [0.25, 0.3) is 0 Å². The number of carboxylic acid groups (broad SMARTS) is 1. The predicted octanol–water partition coefficient (Wildman–Crippen LogP) is 3.63. The third-order valence-corrected chi connectivity index (χ3v) is 3.67. The summed E-state index contributed by atoms with van der Waals surface area (Å²) in [6.07, 6.45) is 0.307. The molecule has 1 aromatic carbocycles. The van der Waals surface area contributed by atoms with Gasteiger partial charge in [0.1, 0.15) is 6.04 Å². The van der Waals surface area contributed by atoms with Gasteiger partial charge in [-0.25, -0.2) is 9.59 Å². The van der Waals surface area contributed by atoms with Crippen molar-refractivity contribution in [3.8, 4) is 0 Å². The zero-order chi connectivity index (χ0) is 15.4. The number of urea groups is 1. The number of benzene rings is 1. The molecule has 0 aliphatic rings. The molecule has 0 heterocycles. The first-order chi connectivity index (χ1) is 9.27. The van der Waals surface area contributed by atoms with E-state index in [1.165, 1.54) is 13.1 Å². The molecule has 20 heavy (non-hydrogen) atoms. The molecule has 7 heteroatoms. The van der Waals surface area contributed by atoms with Crippen LogP contribution in [0.3, 0.4) is 0 Å². The summed E-state index contributed by atoms with van der Waals surface area (Å²) in [5.41, 5.74) is 1.14.